The molecular formula is C17H26O2. The number of hydrogen-bond acceptors (Lipinski definition) is 2. The highest BCUT2D eigenvalue weighted by Gasteiger charge is 2.31. The van der Waals surface area contributed by atoms with Crippen LogP contribution in [0.1, 0.15) is 54.9 Å². The van der Waals surface area contributed by atoms with Crippen LogP contribution in [0.15, 0.2) is 18.2 Å². The molecule has 0 heterocycles. The third-order valence-corrected chi connectivity index (χ3v) is 4.44. The Morgan fingerprint density at radius 3 is 2.42 bits per heavy atom. The summed E-state index contributed by atoms with van der Waals surface area (Å²) in [4.78, 5) is 0. The first-order valence-electron chi connectivity index (χ1n) is 7.41. The van der Waals surface area contributed by atoms with Crippen molar-refractivity contribution in [1.29, 1.82) is 0 Å². The highest BCUT2D eigenvalue weighted by Crippen LogP contribution is 2.35. The molecule has 1 aromatic carbocycles. The lowest BCUT2D eigenvalue weighted by Crippen LogP contribution is -2.31. The SMILES string of the molecule is COC(C1CCCCC1)C(O)c1ccc(C)cc1C. The average molecular weight is 262 g/mol. The number of hydrogen-bond donors (Lipinski definition) is 1. The lowest BCUT2D eigenvalue weighted by Gasteiger charge is -2.33. The summed E-state index contributed by atoms with van der Waals surface area (Å²) in [6.45, 7) is 4.15. The Labute approximate surface area is 116 Å². The standard InChI is InChI=1S/C17H26O2/c1-12-9-10-15(13(2)11-12)16(18)17(19-3)14-7-5-4-6-8-14/h9-11,14,16-18H,4-8H2,1-3H3. The van der Waals surface area contributed by atoms with Gasteiger partial charge in [0.1, 0.15) is 6.10 Å². The highest BCUT2D eigenvalue weighted by atomic mass is 16.5. The Hall–Kier alpha value is -0.860. The third kappa shape index (κ3) is 3.37. The molecule has 2 rings (SSSR count). The molecule has 0 aromatic heterocycles. The van der Waals surface area contributed by atoms with Gasteiger partial charge in [-0.3, -0.25) is 0 Å². The summed E-state index contributed by atoms with van der Waals surface area (Å²) in [5.41, 5.74) is 3.41. The van der Waals surface area contributed by atoms with E-state index >= 15 is 0 Å². The Bertz CT molecular complexity index is 408. The lowest BCUT2D eigenvalue weighted by molar-refractivity contribution is -0.0561. The van der Waals surface area contributed by atoms with Crippen molar-refractivity contribution in [3.63, 3.8) is 0 Å². The van der Waals surface area contributed by atoms with Crippen molar-refractivity contribution >= 4 is 0 Å². The predicted molar refractivity (Wildman–Crippen MR) is 78.2 cm³/mol. The van der Waals surface area contributed by atoms with Gasteiger partial charge in [-0.2, -0.15) is 0 Å². The minimum Gasteiger partial charge on any atom is -0.386 e. The largest absolute Gasteiger partial charge is 0.386 e. The zero-order valence-corrected chi connectivity index (χ0v) is 12.4. The van der Waals surface area contributed by atoms with Gasteiger partial charge < -0.3 is 9.84 Å². The van der Waals surface area contributed by atoms with Crippen molar-refractivity contribution in [3.05, 3.63) is 34.9 Å². The van der Waals surface area contributed by atoms with Gasteiger partial charge in [0.2, 0.25) is 0 Å². The molecule has 0 amide bonds. The first kappa shape index (κ1) is 14.5. The molecule has 1 saturated carbocycles. The number of aryl methyl sites for hydroxylation is 2. The lowest BCUT2D eigenvalue weighted by atomic mass is 9.81. The second-order valence-corrected chi connectivity index (χ2v) is 5.90. The molecular weight excluding hydrogens is 236 g/mol. The van der Waals surface area contributed by atoms with Crippen LogP contribution in [0.5, 0.6) is 0 Å². The van der Waals surface area contributed by atoms with Crippen molar-refractivity contribution in [2.24, 2.45) is 5.92 Å². The van der Waals surface area contributed by atoms with Gasteiger partial charge in [0.05, 0.1) is 6.10 Å². The molecule has 1 aliphatic carbocycles. The molecule has 1 fully saturated rings. The molecule has 106 valence electrons. The zero-order valence-electron chi connectivity index (χ0n) is 12.4. The van der Waals surface area contributed by atoms with Crippen LogP contribution in [0.2, 0.25) is 0 Å². The van der Waals surface area contributed by atoms with Crippen molar-refractivity contribution in [2.45, 2.75) is 58.2 Å². The Balaban J connectivity index is 2.17. The van der Waals surface area contributed by atoms with E-state index in [9.17, 15) is 5.11 Å². The minimum absolute atomic E-state index is 0.0679. The maximum absolute atomic E-state index is 10.7. The Morgan fingerprint density at radius 1 is 1.16 bits per heavy atom. The Morgan fingerprint density at radius 2 is 1.84 bits per heavy atom. The van der Waals surface area contributed by atoms with Crippen molar-refractivity contribution in [2.75, 3.05) is 7.11 Å². The summed E-state index contributed by atoms with van der Waals surface area (Å²) in [7, 11) is 1.73. The number of ether oxygens (including phenoxy) is 1. The smallest absolute Gasteiger partial charge is 0.106 e. The molecule has 19 heavy (non-hydrogen) atoms. The predicted octanol–water partition coefficient (Wildman–Crippen LogP) is 3.93. The molecule has 1 aromatic rings. The topological polar surface area (TPSA) is 29.5 Å². The van der Waals surface area contributed by atoms with Gasteiger partial charge in [-0.25, -0.2) is 0 Å². The number of methoxy groups -OCH3 is 1. The number of rotatable bonds is 4. The van der Waals surface area contributed by atoms with Crippen molar-refractivity contribution < 1.29 is 9.84 Å². The molecule has 2 nitrogen and oxygen atoms in total. The molecule has 0 aliphatic heterocycles. The van der Waals surface area contributed by atoms with E-state index in [1.807, 2.05) is 6.07 Å². The van der Waals surface area contributed by atoms with E-state index in [4.69, 9.17) is 4.74 Å². The fraction of sp³-hybridized carbons (Fsp3) is 0.647. The molecule has 1 aliphatic rings. The fourth-order valence-corrected chi connectivity index (χ4v) is 3.38. The van der Waals surface area contributed by atoms with Gasteiger partial charge in [-0.05, 0) is 43.7 Å². The second kappa shape index (κ2) is 6.53. The van der Waals surface area contributed by atoms with Crippen LogP contribution in [0.25, 0.3) is 0 Å². The molecule has 1 N–H and O–H groups in total. The van der Waals surface area contributed by atoms with Crippen LogP contribution < -0.4 is 0 Å². The maximum atomic E-state index is 10.7. The fourth-order valence-electron chi connectivity index (χ4n) is 3.38. The van der Waals surface area contributed by atoms with Crippen LogP contribution in [-0.4, -0.2) is 18.3 Å². The van der Waals surface area contributed by atoms with Gasteiger partial charge in [0, 0.05) is 7.11 Å². The van der Waals surface area contributed by atoms with Gasteiger partial charge in [0.15, 0.2) is 0 Å². The summed E-state index contributed by atoms with van der Waals surface area (Å²) < 4.78 is 5.64. The molecule has 2 unspecified atom stereocenters. The monoisotopic (exact) mass is 262 g/mol. The van der Waals surface area contributed by atoms with E-state index in [2.05, 4.69) is 26.0 Å². The Kier molecular flexibility index (Phi) is 5.00. The molecule has 2 heteroatoms. The van der Waals surface area contributed by atoms with Gasteiger partial charge in [-0.15, -0.1) is 0 Å². The molecule has 0 radical (unpaired) electrons. The molecule has 0 spiro atoms. The van der Waals surface area contributed by atoms with Crippen LogP contribution in [-0.2, 0) is 4.74 Å². The average Bonchev–Trinajstić information content (AvgIpc) is 2.40. The molecule has 0 saturated heterocycles. The van der Waals surface area contributed by atoms with E-state index in [0.29, 0.717) is 5.92 Å². The highest BCUT2D eigenvalue weighted by molar-refractivity contribution is 5.32. The normalized spacial score (nSPS) is 20.2. The van der Waals surface area contributed by atoms with Gasteiger partial charge in [-0.1, -0.05) is 43.0 Å². The number of benzene rings is 1. The van der Waals surface area contributed by atoms with Gasteiger partial charge in [0.25, 0.3) is 0 Å². The summed E-state index contributed by atoms with van der Waals surface area (Å²) in [5, 5.41) is 10.7. The summed E-state index contributed by atoms with van der Waals surface area (Å²) in [6, 6.07) is 6.25. The molecule has 2 atom stereocenters. The first-order chi connectivity index (χ1) is 9.13. The third-order valence-electron chi connectivity index (χ3n) is 4.44. The minimum atomic E-state index is -0.506. The van der Waals surface area contributed by atoms with Crippen LogP contribution >= 0.6 is 0 Å². The van der Waals surface area contributed by atoms with Crippen molar-refractivity contribution in [1.82, 2.24) is 0 Å². The second-order valence-electron chi connectivity index (χ2n) is 5.90. The van der Waals surface area contributed by atoms with Crippen molar-refractivity contribution in [3.8, 4) is 0 Å². The maximum Gasteiger partial charge on any atom is 0.106 e. The van der Waals surface area contributed by atoms with E-state index in [-0.39, 0.29) is 6.10 Å². The van der Waals surface area contributed by atoms with E-state index in [0.717, 1.165) is 11.1 Å². The summed E-state index contributed by atoms with van der Waals surface area (Å²) in [6.07, 6.45) is 5.65. The van der Waals surface area contributed by atoms with E-state index < -0.39 is 6.10 Å². The van der Waals surface area contributed by atoms with E-state index in [1.54, 1.807) is 7.11 Å². The van der Waals surface area contributed by atoms with Crippen LogP contribution in [0, 0.1) is 19.8 Å². The number of aliphatic hydroxyl groups is 1. The molecule has 0 bridgehead atoms. The van der Waals surface area contributed by atoms with Crippen LogP contribution in [0.4, 0.5) is 0 Å². The van der Waals surface area contributed by atoms with Crippen LogP contribution in [0.3, 0.4) is 0 Å². The summed E-state index contributed by atoms with van der Waals surface area (Å²) >= 11 is 0. The van der Waals surface area contributed by atoms with Gasteiger partial charge >= 0.3 is 0 Å². The number of aliphatic hydroxyl groups excluding tert-OH is 1. The first-order valence-corrected chi connectivity index (χ1v) is 7.41. The van der Waals surface area contributed by atoms with E-state index in [1.165, 1.54) is 37.7 Å². The quantitative estimate of drug-likeness (QED) is 0.890. The summed E-state index contributed by atoms with van der Waals surface area (Å²) in [5.74, 6) is 0.495. The zero-order chi connectivity index (χ0) is 13.8.